The molecule has 180 valence electrons. The molecule has 0 aliphatic heterocycles. The van der Waals surface area contributed by atoms with Crippen LogP contribution in [0.15, 0.2) is 72.9 Å². The van der Waals surface area contributed by atoms with Gasteiger partial charge in [0, 0.05) is 37.6 Å². The van der Waals surface area contributed by atoms with Gasteiger partial charge in [-0.3, -0.25) is 9.59 Å². The quantitative estimate of drug-likeness (QED) is 0.430. The van der Waals surface area contributed by atoms with Crippen molar-refractivity contribution in [2.24, 2.45) is 7.05 Å². The number of benzene rings is 2. The molecule has 0 aliphatic rings. The topological polar surface area (TPSA) is 45.6 Å². The van der Waals surface area contributed by atoms with Gasteiger partial charge in [0.2, 0.25) is 5.91 Å². The van der Waals surface area contributed by atoms with Gasteiger partial charge in [-0.25, -0.2) is 0 Å². The fourth-order valence-corrected chi connectivity index (χ4v) is 3.97. The minimum Gasteiger partial charge on any atom is -0.353 e. The van der Waals surface area contributed by atoms with Crippen molar-refractivity contribution in [3.8, 4) is 0 Å². The minimum absolute atomic E-state index is 0.0233. The maximum atomic E-state index is 13.5. The van der Waals surface area contributed by atoms with Gasteiger partial charge in [-0.1, -0.05) is 70.2 Å². The smallest absolute Gasteiger partial charge is 0.254 e. The van der Waals surface area contributed by atoms with E-state index in [1.165, 1.54) is 5.56 Å². The van der Waals surface area contributed by atoms with Gasteiger partial charge in [-0.15, -0.1) is 0 Å². The lowest BCUT2D eigenvalue weighted by Gasteiger charge is -2.28. The molecule has 0 radical (unpaired) electrons. The van der Waals surface area contributed by atoms with Gasteiger partial charge in [-0.05, 0) is 47.2 Å². The molecule has 0 saturated heterocycles. The highest BCUT2D eigenvalue weighted by atomic mass is 16.2. The molecule has 0 fully saturated rings. The molecule has 2 aromatic carbocycles. The highest BCUT2D eigenvalue weighted by Crippen LogP contribution is 2.22. The predicted octanol–water partition coefficient (Wildman–Crippen LogP) is 5.40. The van der Waals surface area contributed by atoms with E-state index in [2.05, 4.69) is 20.8 Å². The van der Waals surface area contributed by atoms with Crippen LogP contribution in [0.3, 0.4) is 0 Å². The average molecular weight is 460 g/mol. The van der Waals surface area contributed by atoms with Crippen LogP contribution in [0.1, 0.15) is 61.3 Å². The Balaban J connectivity index is 1.79. The Kier molecular flexibility index (Phi) is 8.32. The predicted molar refractivity (Wildman–Crippen MR) is 137 cm³/mol. The lowest BCUT2D eigenvalue weighted by molar-refractivity contribution is -0.133. The van der Waals surface area contributed by atoms with Gasteiger partial charge in [0.15, 0.2) is 0 Å². The highest BCUT2D eigenvalue weighted by Gasteiger charge is 2.23. The number of carbonyl (C=O) groups excluding carboxylic acids is 2. The van der Waals surface area contributed by atoms with E-state index in [9.17, 15) is 9.59 Å². The van der Waals surface area contributed by atoms with Crippen molar-refractivity contribution in [2.45, 2.75) is 52.6 Å². The summed E-state index contributed by atoms with van der Waals surface area (Å²) in [6.45, 7) is 10.1. The summed E-state index contributed by atoms with van der Waals surface area (Å²) in [5.41, 5.74) is 3.94. The molecule has 3 rings (SSSR count). The van der Waals surface area contributed by atoms with Crippen LogP contribution >= 0.6 is 0 Å². The van der Waals surface area contributed by atoms with Crippen LogP contribution in [0.5, 0.6) is 0 Å². The number of aromatic nitrogens is 1. The molecule has 1 heterocycles. The van der Waals surface area contributed by atoms with Crippen molar-refractivity contribution >= 4 is 11.8 Å². The lowest BCUT2D eigenvalue weighted by Crippen LogP contribution is -2.43. The SMILES string of the molecule is CCCN(CC(=O)N(Cc1ccccc1)Cc1cccn1C)C(=O)c1ccc(C(C)(C)C)cc1. The van der Waals surface area contributed by atoms with Crippen LogP contribution in [-0.4, -0.2) is 39.3 Å². The maximum absolute atomic E-state index is 13.5. The number of aryl methyl sites for hydroxylation is 1. The monoisotopic (exact) mass is 459 g/mol. The Morgan fingerprint density at radius 1 is 0.853 bits per heavy atom. The Bertz CT molecular complexity index is 1080. The molecule has 5 nitrogen and oxygen atoms in total. The number of nitrogens with zero attached hydrogens (tertiary/aromatic N) is 3. The van der Waals surface area contributed by atoms with Gasteiger partial charge < -0.3 is 14.4 Å². The fraction of sp³-hybridized carbons (Fsp3) is 0.379. The van der Waals surface area contributed by atoms with Crippen molar-refractivity contribution < 1.29 is 9.59 Å². The molecule has 0 spiro atoms. The van der Waals surface area contributed by atoms with Crippen molar-refractivity contribution in [1.29, 1.82) is 0 Å². The van der Waals surface area contributed by atoms with E-state index in [0.717, 1.165) is 17.7 Å². The third kappa shape index (κ3) is 6.60. The summed E-state index contributed by atoms with van der Waals surface area (Å²) in [6.07, 6.45) is 2.77. The van der Waals surface area contributed by atoms with Crippen LogP contribution in [-0.2, 0) is 30.3 Å². The van der Waals surface area contributed by atoms with E-state index >= 15 is 0 Å². The van der Waals surface area contributed by atoms with Crippen molar-refractivity contribution in [1.82, 2.24) is 14.4 Å². The summed E-state index contributed by atoms with van der Waals surface area (Å²) in [4.78, 5) is 30.4. The third-order valence-electron chi connectivity index (χ3n) is 6.08. The fourth-order valence-electron chi connectivity index (χ4n) is 3.97. The summed E-state index contributed by atoms with van der Waals surface area (Å²) >= 11 is 0. The standard InChI is InChI=1S/C29H37N3O2/c1-6-18-31(28(34)24-14-16-25(17-15-24)29(2,3)4)22-27(33)32(20-23-11-8-7-9-12-23)21-26-13-10-19-30(26)5/h7-17,19H,6,18,20-22H2,1-5H3. The lowest BCUT2D eigenvalue weighted by atomic mass is 9.86. The van der Waals surface area contributed by atoms with Crippen LogP contribution in [0.25, 0.3) is 0 Å². The van der Waals surface area contributed by atoms with Crippen LogP contribution < -0.4 is 0 Å². The molecule has 0 bridgehead atoms. The van der Waals surface area contributed by atoms with E-state index in [0.29, 0.717) is 25.2 Å². The molecule has 2 amide bonds. The Morgan fingerprint density at radius 2 is 1.53 bits per heavy atom. The molecule has 5 heteroatoms. The normalized spacial score (nSPS) is 11.3. The zero-order valence-electron chi connectivity index (χ0n) is 21.1. The Morgan fingerprint density at radius 3 is 2.09 bits per heavy atom. The van der Waals surface area contributed by atoms with E-state index in [-0.39, 0.29) is 23.8 Å². The Labute approximate surface area is 204 Å². The molecule has 0 atom stereocenters. The Hall–Kier alpha value is -3.34. The molecule has 0 aliphatic carbocycles. The van der Waals surface area contributed by atoms with E-state index < -0.39 is 0 Å². The second-order valence-electron chi connectivity index (χ2n) is 9.90. The summed E-state index contributed by atoms with van der Waals surface area (Å²) in [5.74, 6) is -0.160. The van der Waals surface area contributed by atoms with Crippen LogP contribution in [0, 0.1) is 0 Å². The van der Waals surface area contributed by atoms with Gasteiger partial charge in [0.25, 0.3) is 5.91 Å². The number of hydrogen-bond acceptors (Lipinski definition) is 2. The second kappa shape index (κ2) is 11.2. The van der Waals surface area contributed by atoms with Crippen molar-refractivity contribution in [2.75, 3.05) is 13.1 Å². The van der Waals surface area contributed by atoms with Crippen LogP contribution in [0.2, 0.25) is 0 Å². The number of rotatable bonds is 9. The third-order valence-corrected chi connectivity index (χ3v) is 6.08. The van der Waals surface area contributed by atoms with E-state index in [1.54, 1.807) is 4.90 Å². The first-order chi connectivity index (χ1) is 16.2. The summed E-state index contributed by atoms with van der Waals surface area (Å²) in [7, 11) is 1.98. The first kappa shape index (κ1) is 25.3. The van der Waals surface area contributed by atoms with E-state index in [4.69, 9.17) is 0 Å². The number of carbonyl (C=O) groups is 2. The molecule has 0 saturated carbocycles. The summed E-state index contributed by atoms with van der Waals surface area (Å²) in [6, 6.07) is 21.8. The summed E-state index contributed by atoms with van der Waals surface area (Å²) in [5, 5.41) is 0. The first-order valence-corrected chi connectivity index (χ1v) is 12.0. The minimum atomic E-state index is -0.103. The maximum Gasteiger partial charge on any atom is 0.254 e. The number of hydrogen-bond donors (Lipinski definition) is 0. The average Bonchev–Trinajstić information content (AvgIpc) is 3.22. The molecular formula is C29H37N3O2. The van der Waals surface area contributed by atoms with Gasteiger partial charge in [0.1, 0.15) is 6.54 Å². The summed E-state index contributed by atoms with van der Waals surface area (Å²) < 4.78 is 2.02. The zero-order chi connectivity index (χ0) is 24.7. The van der Waals surface area contributed by atoms with Gasteiger partial charge in [0.05, 0.1) is 6.54 Å². The number of amides is 2. The van der Waals surface area contributed by atoms with Crippen molar-refractivity contribution in [3.05, 3.63) is 95.3 Å². The molecule has 3 aromatic rings. The zero-order valence-corrected chi connectivity index (χ0v) is 21.1. The molecular weight excluding hydrogens is 422 g/mol. The first-order valence-electron chi connectivity index (χ1n) is 12.0. The molecule has 0 unspecified atom stereocenters. The van der Waals surface area contributed by atoms with Crippen LogP contribution in [0.4, 0.5) is 0 Å². The van der Waals surface area contributed by atoms with E-state index in [1.807, 2.05) is 96.4 Å². The van der Waals surface area contributed by atoms with Crippen molar-refractivity contribution in [3.63, 3.8) is 0 Å². The van der Waals surface area contributed by atoms with Gasteiger partial charge >= 0.3 is 0 Å². The highest BCUT2D eigenvalue weighted by molar-refractivity contribution is 5.96. The molecule has 0 N–H and O–H groups in total. The largest absolute Gasteiger partial charge is 0.353 e. The molecule has 1 aromatic heterocycles. The molecule has 34 heavy (non-hydrogen) atoms. The second-order valence-corrected chi connectivity index (χ2v) is 9.90. The van der Waals surface area contributed by atoms with Gasteiger partial charge in [-0.2, -0.15) is 0 Å².